The van der Waals surface area contributed by atoms with Gasteiger partial charge in [0.05, 0.1) is 17.6 Å². The highest BCUT2D eigenvalue weighted by Gasteiger charge is 2.14. The number of carbonyl (C=O) groups excluding carboxylic acids is 2. The average molecular weight is 424 g/mol. The van der Waals surface area contributed by atoms with Crippen LogP contribution in [-0.4, -0.2) is 27.8 Å². The van der Waals surface area contributed by atoms with Gasteiger partial charge in [-0.2, -0.15) is 0 Å². The second-order valence-electron chi connectivity index (χ2n) is 7.53. The molecule has 32 heavy (non-hydrogen) atoms. The second kappa shape index (κ2) is 10.4. The number of nitrogens with zero attached hydrogens (tertiary/aromatic N) is 2. The Morgan fingerprint density at radius 1 is 0.875 bits per heavy atom. The van der Waals surface area contributed by atoms with E-state index in [2.05, 4.69) is 5.32 Å². The summed E-state index contributed by atoms with van der Waals surface area (Å²) in [5.74, 6) is 0.778. The number of benzene rings is 3. The largest absolute Gasteiger partial charge is 0.353 e. The summed E-state index contributed by atoms with van der Waals surface area (Å²) in [6.45, 7) is 0.778. The van der Waals surface area contributed by atoms with Crippen molar-refractivity contribution in [2.45, 2.75) is 19.4 Å². The van der Waals surface area contributed by atoms with Crippen LogP contribution in [0.3, 0.4) is 0 Å². The third-order valence-electron chi connectivity index (χ3n) is 5.23. The fourth-order valence-corrected chi connectivity index (χ4v) is 3.60. The topological polar surface area (TPSA) is 64.0 Å². The van der Waals surface area contributed by atoms with E-state index in [9.17, 15) is 9.59 Å². The van der Waals surface area contributed by atoms with E-state index in [0.717, 1.165) is 28.8 Å². The van der Waals surface area contributed by atoms with E-state index in [4.69, 9.17) is 4.98 Å². The van der Waals surface area contributed by atoms with Gasteiger partial charge in [-0.25, -0.2) is 4.98 Å². The number of ketones is 1. The minimum atomic E-state index is -0.124. The molecule has 0 saturated heterocycles. The molecule has 0 unspecified atom stereocenters. The van der Waals surface area contributed by atoms with Gasteiger partial charge in [-0.15, -0.1) is 0 Å². The van der Waals surface area contributed by atoms with Gasteiger partial charge in [0, 0.05) is 24.6 Å². The predicted molar refractivity (Wildman–Crippen MR) is 127 cm³/mol. The van der Waals surface area contributed by atoms with Crippen LogP contribution in [0, 0.1) is 0 Å². The van der Waals surface area contributed by atoms with Gasteiger partial charge in [-0.3, -0.25) is 9.59 Å². The summed E-state index contributed by atoms with van der Waals surface area (Å²) in [4.78, 5) is 29.6. The number of aryl methyl sites for hydroxylation is 1. The Hall–Kier alpha value is -3.99. The van der Waals surface area contributed by atoms with E-state index in [-0.39, 0.29) is 18.2 Å². The number of nitrogens with one attached hydrogen (secondary N) is 1. The molecule has 0 aliphatic heterocycles. The third kappa shape index (κ3) is 5.38. The van der Waals surface area contributed by atoms with Crippen LogP contribution < -0.4 is 5.32 Å². The van der Waals surface area contributed by atoms with Crippen molar-refractivity contribution in [2.75, 3.05) is 6.54 Å². The van der Waals surface area contributed by atoms with Crippen molar-refractivity contribution >= 4 is 28.8 Å². The van der Waals surface area contributed by atoms with Crippen LogP contribution in [0.1, 0.15) is 28.2 Å². The van der Waals surface area contributed by atoms with Crippen molar-refractivity contribution in [1.29, 1.82) is 0 Å². The van der Waals surface area contributed by atoms with E-state index in [1.54, 1.807) is 12.2 Å². The summed E-state index contributed by atoms with van der Waals surface area (Å²) in [5.41, 5.74) is 3.49. The maximum Gasteiger partial charge on any atom is 0.243 e. The van der Waals surface area contributed by atoms with Gasteiger partial charge in [0.25, 0.3) is 0 Å². The molecule has 0 aliphatic carbocycles. The molecule has 4 aromatic rings. The van der Waals surface area contributed by atoms with Crippen molar-refractivity contribution in [2.24, 2.45) is 0 Å². The van der Waals surface area contributed by atoms with E-state index in [1.165, 1.54) is 0 Å². The number of fused-ring (bicyclic) bond motifs is 1. The maximum atomic E-state index is 12.8. The Bertz CT molecular complexity index is 1230. The third-order valence-corrected chi connectivity index (χ3v) is 5.23. The molecule has 1 N–H and O–H groups in total. The quantitative estimate of drug-likeness (QED) is 0.241. The van der Waals surface area contributed by atoms with E-state index in [1.807, 2.05) is 89.5 Å². The average Bonchev–Trinajstić information content (AvgIpc) is 3.19. The summed E-state index contributed by atoms with van der Waals surface area (Å²) in [6, 6.07) is 26.9. The normalized spacial score (nSPS) is 11.1. The molecule has 0 atom stereocenters. The summed E-state index contributed by atoms with van der Waals surface area (Å²) < 4.78 is 1.99. The molecule has 5 heteroatoms. The Morgan fingerprint density at radius 2 is 1.56 bits per heavy atom. The standard InChI is InChI=1S/C27H25N3O2/c31-25(22-12-5-2-6-13-22)20-30-24-15-8-7-14-23(24)29-26(30)16-9-19-28-27(32)18-17-21-10-3-1-4-11-21/h1-8,10-15,17-18H,9,16,19-20H2,(H,28,32)/b18-17-. The van der Waals surface area contributed by atoms with E-state index in [0.29, 0.717) is 18.5 Å². The molecule has 0 saturated carbocycles. The van der Waals surface area contributed by atoms with Gasteiger partial charge >= 0.3 is 0 Å². The monoisotopic (exact) mass is 423 g/mol. The zero-order valence-electron chi connectivity index (χ0n) is 17.8. The molecule has 1 aromatic heterocycles. The van der Waals surface area contributed by atoms with E-state index < -0.39 is 0 Å². The Kier molecular flexibility index (Phi) is 6.88. The number of imidazole rings is 1. The molecule has 0 aliphatic rings. The first-order valence-corrected chi connectivity index (χ1v) is 10.7. The van der Waals surface area contributed by atoms with Gasteiger partial charge < -0.3 is 9.88 Å². The molecule has 3 aromatic carbocycles. The number of rotatable bonds is 9. The summed E-state index contributed by atoms with van der Waals surface area (Å²) in [5, 5.41) is 2.91. The molecule has 1 amide bonds. The number of hydrogen-bond donors (Lipinski definition) is 1. The number of amides is 1. The van der Waals surface area contributed by atoms with Gasteiger partial charge in [0.2, 0.25) is 5.91 Å². The highest BCUT2D eigenvalue weighted by Crippen LogP contribution is 2.18. The molecule has 0 spiro atoms. The number of para-hydroxylation sites is 2. The van der Waals surface area contributed by atoms with Crippen LogP contribution in [-0.2, 0) is 17.8 Å². The van der Waals surface area contributed by atoms with Crippen LogP contribution in [0.2, 0.25) is 0 Å². The van der Waals surface area contributed by atoms with Crippen molar-refractivity contribution in [3.05, 3.63) is 108 Å². The molecule has 160 valence electrons. The van der Waals surface area contributed by atoms with Crippen molar-refractivity contribution in [1.82, 2.24) is 14.9 Å². The summed E-state index contributed by atoms with van der Waals surface area (Å²) in [7, 11) is 0. The highest BCUT2D eigenvalue weighted by molar-refractivity contribution is 5.96. The lowest BCUT2D eigenvalue weighted by atomic mass is 10.1. The van der Waals surface area contributed by atoms with Gasteiger partial charge in [0.15, 0.2) is 5.78 Å². The van der Waals surface area contributed by atoms with Crippen LogP contribution in [0.5, 0.6) is 0 Å². The fraction of sp³-hybridized carbons (Fsp3) is 0.148. The Morgan fingerprint density at radius 3 is 2.34 bits per heavy atom. The molecule has 0 fully saturated rings. The number of carbonyl (C=O) groups is 2. The van der Waals surface area contributed by atoms with Crippen molar-refractivity contribution in [3.63, 3.8) is 0 Å². The minimum Gasteiger partial charge on any atom is -0.353 e. The zero-order valence-corrected chi connectivity index (χ0v) is 17.8. The summed E-state index contributed by atoms with van der Waals surface area (Å²) >= 11 is 0. The fourth-order valence-electron chi connectivity index (χ4n) is 3.60. The second-order valence-corrected chi connectivity index (χ2v) is 7.53. The molecule has 5 nitrogen and oxygen atoms in total. The van der Waals surface area contributed by atoms with Gasteiger partial charge in [0.1, 0.15) is 5.82 Å². The lowest BCUT2D eigenvalue weighted by molar-refractivity contribution is -0.116. The van der Waals surface area contributed by atoms with Crippen molar-refractivity contribution in [3.8, 4) is 0 Å². The smallest absolute Gasteiger partial charge is 0.243 e. The lowest BCUT2D eigenvalue weighted by Crippen LogP contribution is -2.23. The molecule has 0 bridgehead atoms. The van der Waals surface area contributed by atoms with Gasteiger partial charge in [-0.05, 0) is 30.2 Å². The highest BCUT2D eigenvalue weighted by atomic mass is 16.1. The van der Waals surface area contributed by atoms with Crippen LogP contribution >= 0.6 is 0 Å². The molecule has 4 rings (SSSR count). The lowest BCUT2D eigenvalue weighted by Gasteiger charge is -2.09. The molecular weight excluding hydrogens is 398 g/mol. The molecular formula is C27H25N3O2. The maximum absolute atomic E-state index is 12.8. The SMILES string of the molecule is O=C(/C=C\c1ccccc1)NCCCc1nc2ccccc2n1CC(=O)c1ccccc1. The van der Waals surface area contributed by atoms with Gasteiger partial charge in [-0.1, -0.05) is 72.8 Å². The number of aromatic nitrogens is 2. The van der Waals surface area contributed by atoms with Crippen LogP contribution in [0.15, 0.2) is 91.0 Å². The first-order valence-electron chi connectivity index (χ1n) is 10.7. The minimum absolute atomic E-state index is 0.0503. The van der Waals surface area contributed by atoms with Crippen LogP contribution in [0.4, 0.5) is 0 Å². The Balaban J connectivity index is 1.38. The predicted octanol–water partition coefficient (Wildman–Crippen LogP) is 4.68. The molecule has 1 heterocycles. The number of hydrogen-bond acceptors (Lipinski definition) is 3. The number of Topliss-reactive ketones (excluding diaryl/α,β-unsaturated/α-hetero) is 1. The Labute approximate surface area is 187 Å². The first-order chi connectivity index (χ1) is 15.7. The summed E-state index contributed by atoms with van der Waals surface area (Å²) in [6.07, 6.45) is 4.74. The first kappa shape index (κ1) is 21.2. The van der Waals surface area contributed by atoms with Crippen LogP contribution in [0.25, 0.3) is 17.1 Å². The van der Waals surface area contributed by atoms with E-state index >= 15 is 0 Å². The zero-order chi connectivity index (χ0) is 22.2. The molecule has 0 radical (unpaired) electrons. The van der Waals surface area contributed by atoms with Crippen molar-refractivity contribution < 1.29 is 9.59 Å².